The molecule has 0 aliphatic carbocycles. The summed E-state index contributed by atoms with van der Waals surface area (Å²) in [6.45, 7) is 2.72. The number of fused-ring (bicyclic) bond motifs is 1. The van der Waals surface area contributed by atoms with Crippen LogP contribution >= 0.6 is 15.9 Å². The lowest BCUT2D eigenvalue weighted by Gasteiger charge is -2.16. The molecule has 1 aliphatic rings. The summed E-state index contributed by atoms with van der Waals surface area (Å²) in [6.07, 6.45) is 0.256. The molecule has 2 nitrogen and oxygen atoms in total. The van der Waals surface area contributed by atoms with Gasteiger partial charge in [-0.05, 0) is 30.2 Å². The summed E-state index contributed by atoms with van der Waals surface area (Å²) in [5, 5.41) is 10.6. The van der Waals surface area contributed by atoms with Crippen LogP contribution in [0.5, 0.6) is 5.75 Å². The summed E-state index contributed by atoms with van der Waals surface area (Å²) in [7, 11) is 0. The van der Waals surface area contributed by atoms with Crippen LogP contribution in [0.1, 0.15) is 28.4 Å². The fraction of sp³-hybridized carbons (Fsp3) is 0.250. The number of benzene rings is 2. The molecule has 1 unspecified atom stereocenters. The molecule has 0 amide bonds. The number of aliphatic hydroxyl groups is 1. The van der Waals surface area contributed by atoms with Crippen molar-refractivity contribution in [2.45, 2.75) is 19.4 Å². The van der Waals surface area contributed by atoms with E-state index in [4.69, 9.17) is 4.74 Å². The van der Waals surface area contributed by atoms with Gasteiger partial charge in [-0.2, -0.15) is 0 Å². The molecule has 0 spiro atoms. The van der Waals surface area contributed by atoms with Crippen molar-refractivity contribution in [2.24, 2.45) is 0 Å². The third-order valence-electron chi connectivity index (χ3n) is 3.43. The number of halogens is 1. The number of hydrogen-bond acceptors (Lipinski definition) is 2. The van der Waals surface area contributed by atoms with E-state index in [0.29, 0.717) is 6.61 Å². The molecular weight excluding hydrogens is 304 g/mol. The lowest BCUT2D eigenvalue weighted by atomic mass is 9.97. The van der Waals surface area contributed by atoms with Gasteiger partial charge in [-0.15, -0.1) is 0 Å². The third-order valence-corrected chi connectivity index (χ3v) is 3.89. The van der Waals surface area contributed by atoms with Crippen molar-refractivity contribution in [1.82, 2.24) is 0 Å². The van der Waals surface area contributed by atoms with Crippen molar-refractivity contribution in [3.8, 4) is 5.75 Å². The second kappa shape index (κ2) is 4.99. The minimum Gasteiger partial charge on any atom is -0.493 e. The molecule has 0 radical (unpaired) electrons. The van der Waals surface area contributed by atoms with E-state index >= 15 is 0 Å². The maximum Gasteiger partial charge on any atom is 0.128 e. The Labute approximate surface area is 121 Å². The average Bonchev–Trinajstić information content (AvgIpc) is 2.85. The molecule has 1 aliphatic heterocycles. The molecule has 0 fully saturated rings. The maximum absolute atomic E-state index is 10.6. The molecule has 2 aromatic carbocycles. The maximum atomic E-state index is 10.6. The summed E-state index contributed by atoms with van der Waals surface area (Å²) < 4.78 is 6.66. The Hall–Kier alpha value is -1.32. The van der Waals surface area contributed by atoms with Crippen LogP contribution in [0.4, 0.5) is 0 Å². The minimum absolute atomic E-state index is 0.649. The molecule has 0 aromatic heterocycles. The Morgan fingerprint density at radius 2 is 2.11 bits per heavy atom. The molecule has 3 rings (SSSR count). The average molecular weight is 319 g/mol. The predicted octanol–water partition coefficient (Wildman–Crippen LogP) is 3.77. The summed E-state index contributed by atoms with van der Waals surface area (Å²) in [4.78, 5) is 0. The highest BCUT2D eigenvalue weighted by atomic mass is 79.9. The van der Waals surface area contributed by atoms with Crippen LogP contribution in [0.15, 0.2) is 40.9 Å². The molecule has 3 heteroatoms. The SMILES string of the molecule is Cc1cccc(C(O)c2cc(Br)cc3c2OCC3)c1. The van der Waals surface area contributed by atoms with Crippen LogP contribution in [0.3, 0.4) is 0 Å². The molecule has 0 saturated carbocycles. The highest BCUT2D eigenvalue weighted by molar-refractivity contribution is 9.10. The van der Waals surface area contributed by atoms with Crippen molar-refractivity contribution in [3.63, 3.8) is 0 Å². The quantitative estimate of drug-likeness (QED) is 0.913. The number of aliphatic hydroxyl groups excluding tert-OH is 1. The van der Waals surface area contributed by atoms with Gasteiger partial charge in [0, 0.05) is 16.5 Å². The van der Waals surface area contributed by atoms with Gasteiger partial charge in [0.2, 0.25) is 0 Å². The summed E-state index contributed by atoms with van der Waals surface area (Å²) in [6, 6.07) is 11.9. The summed E-state index contributed by atoms with van der Waals surface area (Å²) in [5.74, 6) is 0.845. The zero-order valence-electron chi connectivity index (χ0n) is 10.7. The zero-order valence-corrected chi connectivity index (χ0v) is 12.3. The Balaban J connectivity index is 2.07. The monoisotopic (exact) mass is 318 g/mol. The van der Waals surface area contributed by atoms with E-state index in [2.05, 4.69) is 22.0 Å². The van der Waals surface area contributed by atoms with E-state index in [1.54, 1.807) is 0 Å². The molecule has 2 aromatic rings. The van der Waals surface area contributed by atoms with Gasteiger partial charge in [0.05, 0.1) is 6.61 Å². The van der Waals surface area contributed by atoms with E-state index in [1.165, 1.54) is 0 Å². The van der Waals surface area contributed by atoms with Gasteiger partial charge in [-0.3, -0.25) is 0 Å². The van der Waals surface area contributed by atoms with Gasteiger partial charge >= 0.3 is 0 Å². The minimum atomic E-state index is -0.649. The van der Waals surface area contributed by atoms with E-state index in [0.717, 1.165) is 38.9 Å². The van der Waals surface area contributed by atoms with Crippen LogP contribution < -0.4 is 4.74 Å². The van der Waals surface area contributed by atoms with E-state index in [-0.39, 0.29) is 0 Å². The largest absolute Gasteiger partial charge is 0.493 e. The van der Waals surface area contributed by atoms with Gasteiger partial charge in [0.1, 0.15) is 11.9 Å². The Morgan fingerprint density at radius 1 is 1.26 bits per heavy atom. The molecule has 1 N–H and O–H groups in total. The molecule has 98 valence electrons. The van der Waals surface area contributed by atoms with Crippen molar-refractivity contribution >= 4 is 15.9 Å². The first-order chi connectivity index (χ1) is 9.15. The fourth-order valence-electron chi connectivity index (χ4n) is 2.52. The number of rotatable bonds is 2. The van der Waals surface area contributed by atoms with Gasteiger partial charge in [-0.1, -0.05) is 45.8 Å². The zero-order chi connectivity index (χ0) is 13.4. The summed E-state index contributed by atoms with van der Waals surface area (Å²) >= 11 is 3.50. The Kier molecular flexibility index (Phi) is 3.33. The normalized spacial score (nSPS) is 14.9. The molecule has 1 atom stereocenters. The molecule has 0 saturated heterocycles. The van der Waals surface area contributed by atoms with E-state index < -0.39 is 6.10 Å². The van der Waals surface area contributed by atoms with Crippen LogP contribution in [0.25, 0.3) is 0 Å². The second-order valence-corrected chi connectivity index (χ2v) is 5.81. The van der Waals surface area contributed by atoms with Crippen molar-refractivity contribution < 1.29 is 9.84 Å². The molecule has 1 heterocycles. The summed E-state index contributed by atoms with van der Waals surface area (Å²) in [5.41, 5.74) is 4.04. The van der Waals surface area contributed by atoms with Crippen molar-refractivity contribution in [1.29, 1.82) is 0 Å². The number of aryl methyl sites for hydroxylation is 1. The van der Waals surface area contributed by atoms with Crippen LogP contribution in [0, 0.1) is 6.92 Å². The topological polar surface area (TPSA) is 29.5 Å². The lowest BCUT2D eigenvalue weighted by Crippen LogP contribution is -2.02. The van der Waals surface area contributed by atoms with Crippen molar-refractivity contribution in [3.05, 3.63) is 63.1 Å². The first kappa shape index (κ1) is 12.7. The smallest absolute Gasteiger partial charge is 0.128 e. The Bertz CT molecular complexity index is 622. The fourth-order valence-corrected chi connectivity index (χ4v) is 3.04. The second-order valence-electron chi connectivity index (χ2n) is 4.90. The predicted molar refractivity (Wildman–Crippen MR) is 78.6 cm³/mol. The third kappa shape index (κ3) is 2.40. The Morgan fingerprint density at radius 3 is 2.89 bits per heavy atom. The van der Waals surface area contributed by atoms with Crippen LogP contribution in [-0.2, 0) is 6.42 Å². The molecular formula is C16H15BrO2. The van der Waals surface area contributed by atoms with Crippen LogP contribution in [0.2, 0.25) is 0 Å². The molecule has 0 bridgehead atoms. The first-order valence-electron chi connectivity index (χ1n) is 6.35. The standard InChI is InChI=1S/C16H15BrO2/c1-10-3-2-4-11(7-10)15(18)14-9-13(17)8-12-5-6-19-16(12)14/h2-4,7-9,15,18H,5-6H2,1H3. The first-order valence-corrected chi connectivity index (χ1v) is 7.14. The lowest BCUT2D eigenvalue weighted by molar-refractivity contribution is 0.213. The van der Waals surface area contributed by atoms with E-state index in [1.807, 2.05) is 37.3 Å². The highest BCUT2D eigenvalue weighted by Crippen LogP contribution is 2.38. The van der Waals surface area contributed by atoms with Gasteiger partial charge in [0.15, 0.2) is 0 Å². The van der Waals surface area contributed by atoms with Crippen LogP contribution in [-0.4, -0.2) is 11.7 Å². The molecule has 19 heavy (non-hydrogen) atoms. The van der Waals surface area contributed by atoms with Gasteiger partial charge < -0.3 is 9.84 Å². The highest BCUT2D eigenvalue weighted by Gasteiger charge is 2.23. The number of hydrogen-bond donors (Lipinski definition) is 1. The number of ether oxygens (including phenoxy) is 1. The van der Waals surface area contributed by atoms with Crippen molar-refractivity contribution in [2.75, 3.05) is 6.61 Å². The van der Waals surface area contributed by atoms with Gasteiger partial charge in [0.25, 0.3) is 0 Å². The van der Waals surface area contributed by atoms with Gasteiger partial charge in [-0.25, -0.2) is 0 Å². The van der Waals surface area contributed by atoms with E-state index in [9.17, 15) is 5.11 Å².